The predicted octanol–water partition coefficient (Wildman–Crippen LogP) is 1.57. The van der Waals surface area contributed by atoms with Crippen LogP contribution >= 0.6 is 0 Å². The summed E-state index contributed by atoms with van der Waals surface area (Å²) in [7, 11) is 0. The fourth-order valence-electron chi connectivity index (χ4n) is 2.17. The minimum Gasteiger partial charge on any atom is -0.384 e. The van der Waals surface area contributed by atoms with Crippen LogP contribution in [0.5, 0.6) is 0 Å². The number of carbonyl (C=O) groups excluding carboxylic acids is 2. The van der Waals surface area contributed by atoms with E-state index in [0.29, 0.717) is 11.4 Å². The van der Waals surface area contributed by atoms with Gasteiger partial charge in [0.25, 0.3) is 0 Å². The molecule has 0 aliphatic rings. The van der Waals surface area contributed by atoms with E-state index in [1.165, 1.54) is 18.3 Å². The van der Waals surface area contributed by atoms with Crippen LogP contribution in [0.15, 0.2) is 42.6 Å². The SMILES string of the molecule is NC(=O)[C@@H](C(=O)NCc1ccc(N)nc1)c1cccc(C(F)(F)F)c1. The number of anilines is 1. The van der Waals surface area contributed by atoms with Gasteiger partial charge in [-0.25, -0.2) is 4.98 Å². The molecule has 25 heavy (non-hydrogen) atoms. The average molecular weight is 352 g/mol. The topological polar surface area (TPSA) is 111 Å². The first-order valence-corrected chi connectivity index (χ1v) is 7.13. The lowest BCUT2D eigenvalue weighted by molar-refractivity contribution is -0.138. The number of nitrogens with zero attached hydrogens (tertiary/aromatic N) is 1. The molecule has 0 saturated heterocycles. The first kappa shape index (κ1) is 18.2. The number of nitrogen functional groups attached to an aromatic ring is 1. The Morgan fingerprint density at radius 1 is 1.20 bits per heavy atom. The fraction of sp³-hybridized carbons (Fsp3) is 0.188. The number of pyridine rings is 1. The quantitative estimate of drug-likeness (QED) is 0.709. The number of hydrogen-bond donors (Lipinski definition) is 3. The number of nitrogens with two attached hydrogens (primary N) is 2. The van der Waals surface area contributed by atoms with Crippen LogP contribution in [-0.2, 0) is 22.3 Å². The molecule has 0 bridgehead atoms. The summed E-state index contributed by atoms with van der Waals surface area (Å²) >= 11 is 0. The number of benzene rings is 1. The van der Waals surface area contributed by atoms with Crippen molar-refractivity contribution in [2.24, 2.45) is 5.73 Å². The normalized spacial score (nSPS) is 12.4. The number of nitrogens with one attached hydrogen (secondary N) is 1. The Morgan fingerprint density at radius 3 is 2.48 bits per heavy atom. The van der Waals surface area contributed by atoms with Crippen molar-refractivity contribution in [2.45, 2.75) is 18.6 Å². The van der Waals surface area contributed by atoms with Crippen molar-refractivity contribution in [3.63, 3.8) is 0 Å². The molecule has 2 aromatic rings. The molecular weight excluding hydrogens is 337 g/mol. The molecule has 1 aromatic heterocycles. The summed E-state index contributed by atoms with van der Waals surface area (Å²) in [5.74, 6) is -3.09. The van der Waals surface area contributed by atoms with E-state index in [1.54, 1.807) is 6.07 Å². The molecule has 132 valence electrons. The van der Waals surface area contributed by atoms with Crippen molar-refractivity contribution in [1.82, 2.24) is 10.3 Å². The number of rotatable bonds is 5. The van der Waals surface area contributed by atoms with Crippen molar-refractivity contribution in [2.75, 3.05) is 5.73 Å². The van der Waals surface area contributed by atoms with Gasteiger partial charge in [0.15, 0.2) is 0 Å². The average Bonchev–Trinajstić information content (AvgIpc) is 2.53. The van der Waals surface area contributed by atoms with E-state index < -0.39 is 29.5 Å². The van der Waals surface area contributed by atoms with Gasteiger partial charge in [0.1, 0.15) is 11.7 Å². The Labute approximate surface area is 141 Å². The van der Waals surface area contributed by atoms with Crippen LogP contribution in [0.4, 0.5) is 19.0 Å². The molecular formula is C16H15F3N4O2. The summed E-state index contributed by atoms with van der Waals surface area (Å²) in [5.41, 5.74) is 10.2. The summed E-state index contributed by atoms with van der Waals surface area (Å²) in [5, 5.41) is 2.45. The molecule has 6 nitrogen and oxygen atoms in total. The second-order valence-electron chi connectivity index (χ2n) is 5.27. The van der Waals surface area contributed by atoms with Crippen LogP contribution in [0.1, 0.15) is 22.6 Å². The maximum atomic E-state index is 12.8. The number of alkyl halides is 3. The third-order valence-corrected chi connectivity index (χ3v) is 3.41. The number of aromatic nitrogens is 1. The molecule has 2 amide bonds. The zero-order valence-electron chi connectivity index (χ0n) is 12.9. The third-order valence-electron chi connectivity index (χ3n) is 3.41. The standard InChI is InChI=1S/C16H15F3N4O2/c17-16(18,19)11-3-1-2-10(6-11)13(14(21)24)15(25)23-8-9-4-5-12(20)22-7-9/h1-7,13H,8H2,(H2,20,22)(H2,21,24)(H,23,25)/t13-/m0/s1. The molecule has 0 spiro atoms. The van der Waals surface area contributed by atoms with Crippen molar-refractivity contribution in [3.8, 4) is 0 Å². The molecule has 1 atom stereocenters. The number of primary amides is 1. The van der Waals surface area contributed by atoms with E-state index in [0.717, 1.165) is 18.2 Å². The Morgan fingerprint density at radius 2 is 1.92 bits per heavy atom. The van der Waals surface area contributed by atoms with Gasteiger partial charge in [-0.3, -0.25) is 9.59 Å². The van der Waals surface area contributed by atoms with Gasteiger partial charge in [0.05, 0.1) is 5.56 Å². The van der Waals surface area contributed by atoms with Crippen LogP contribution in [0.2, 0.25) is 0 Å². The van der Waals surface area contributed by atoms with Crippen LogP contribution in [-0.4, -0.2) is 16.8 Å². The van der Waals surface area contributed by atoms with Crippen molar-refractivity contribution >= 4 is 17.6 Å². The van der Waals surface area contributed by atoms with Gasteiger partial charge in [-0.1, -0.05) is 24.3 Å². The van der Waals surface area contributed by atoms with E-state index in [9.17, 15) is 22.8 Å². The van der Waals surface area contributed by atoms with E-state index in [-0.39, 0.29) is 12.1 Å². The first-order chi connectivity index (χ1) is 11.7. The molecule has 5 N–H and O–H groups in total. The summed E-state index contributed by atoms with van der Waals surface area (Å²) in [6.45, 7) is 0.0227. The minimum atomic E-state index is -4.59. The molecule has 0 unspecified atom stereocenters. The predicted molar refractivity (Wildman–Crippen MR) is 83.9 cm³/mol. The summed E-state index contributed by atoms with van der Waals surface area (Å²) < 4.78 is 38.4. The van der Waals surface area contributed by atoms with Crippen molar-refractivity contribution in [1.29, 1.82) is 0 Å². The van der Waals surface area contributed by atoms with Gasteiger partial charge in [0.2, 0.25) is 11.8 Å². The minimum absolute atomic E-state index is 0.0227. The highest BCUT2D eigenvalue weighted by molar-refractivity contribution is 6.05. The van der Waals surface area contributed by atoms with Crippen molar-refractivity contribution in [3.05, 3.63) is 59.3 Å². The second-order valence-corrected chi connectivity index (χ2v) is 5.27. The molecule has 0 aliphatic carbocycles. The molecule has 0 fully saturated rings. The molecule has 0 aliphatic heterocycles. The Balaban J connectivity index is 2.18. The lowest BCUT2D eigenvalue weighted by Crippen LogP contribution is -2.36. The van der Waals surface area contributed by atoms with Gasteiger partial charge in [-0.15, -0.1) is 0 Å². The summed E-state index contributed by atoms with van der Waals surface area (Å²) in [6.07, 6.45) is -3.16. The van der Waals surface area contributed by atoms with Crippen LogP contribution in [0.3, 0.4) is 0 Å². The highest BCUT2D eigenvalue weighted by Crippen LogP contribution is 2.31. The van der Waals surface area contributed by atoms with E-state index in [4.69, 9.17) is 11.5 Å². The smallest absolute Gasteiger partial charge is 0.384 e. The molecule has 9 heteroatoms. The number of hydrogen-bond acceptors (Lipinski definition) is 4. The Kier molecular flexibility index (Phi) is 5.26. The maximum Gasteiger partial charge on any atom is 0.416 e. The summed E-state index contributed by atoms with van der Waals surface area (Å²) in [6, 6.07) is 7.09. The van der Waals surface area contributed by atoms with E-state index in [1.807, 2.05) is 0 Å². The molecule has 1 heterocycles. The third kappa shape index (κ3) is 4.69. The Bertz CT molecular complexity index is 776. The number of amides is 2. The number of carbonyl (C=O) groups is 2. The zero-order chi connectivity index (χ0) is 18.6. The maximum absolute atomic E-state index is 12.8. The summed E-state index contributed by atoms with van der Waals surface area (Å²) in [4.78, 5) is 27.7. The van der Waals surface area contributed by atoms with Crippen LogP contribution in [0, 0.1) is 0 Å². The zero-order valence-corrected chi connectivity index (χ0v) is 12.9. The monoisotopic (exact) mass is 352 g/mol. The molecule has 1 aromatic carbocycles. The van der Waals surface area contributed by atoms with Crippen molar-refractivity contribution < 1.29 is 22.8 Å². The van der Waals surface area contributed by atoms with Gasteiger partial charge in [-0.05, 0) is 23.3 Å². The van der Waals surface area contributed by atoms with Crippen LogP contribution in [0.25, 0.3) is 0 Å². The van der Waals surface area contributed by atoms with Gasteiger partial charge in [0, 0.05) is 12.7 Å². The Hall–Kier alpha value is -3.10. The molecule has 0 radical (unpaired) electrons. The lowest BCUT2D eigenvalue weighted by Gasteiger charge is -2.16. The van der Waals surface area contributed by atoms with Gasteiger partial charge in [-0.2, -0.15) is 13.2 Å². The largest absolute Gasteiger partial charge is 0.416 e. The van der Waals surface area contributed by atoms with E-state index in [2.05, 4.69) is 10.3 Å². The van der Waals surface area contributed by atoms with Gasteiger partial charge >= 0.3 is 6.18 Å². The first-order valence-electron chi connectivity index (χ1n) is 7.13. The lowest BCUT2D eigenvalue weighted by atomic mass is 9.95. The van der Waals surface area contributed by atoms with E-state index >= 15 is 0 Å². The van der Waals surface area contributed by atoms with Gasteiger partial charge < -0.3 is 16.8 Å². The molecule has 2 rings (SSSR count). The number of halogens is 3. The highest BCUT2D eigenvalue weighted by atomic mass is 19.4. The molecule has 0 saturated carbocycles. The highest BCUT2D eigenvalue weighted by Gasteiger charge is 2.33. The van der Waals surface area contributed by atoms with Crippen LogP contribution < -0.4 is 16.8 Å². The fourth-order valence-corrected chi connectivity index (χ4v) is 2.17. The second kappa shape index (κ2) is 7.20.